The second-order valence-electron chi connectivity index (χ2n) is 5.38. The van der Waals surface area contributed by atoms with E-state index in [1.165, 1.54) is 5.56 Å². The molecule has 0 aliphatic rings. The third-order valence-corrected chi connectivity index (χ3v) is 3.62. The normalized spacial score (nSPS) is 13.9. The van der Waals surface area contributed by atoms with E-state index in [0.717, 1.165) is 24.4 Å². The zero-order chi connectivity index (χ0) is 15.1. The van der Waals surface area contributed by atoms with Gasteiger partial charge in [0.05, 0.1) is 12.9 Å². The van der Waals surface area contributed by atoms with Gasteiger partial charge < -0.3 is 14.5 Å². The Morgan fingerprint density at radius 2 is 1.95 bits per heavy atom. The number of rotatable bonds is 8. The number of aryl methyl sites for hydroxylation is 1. The summed E-state index contributed by atoms with van der Waals surface area (Å²) < 4.78 is 11.1. The molecule has 0 spiro atoms. The van der Waals surface area contributed by atoms with Crippen molar-refractivity contribution in [2.24, 2.45) is 0 Å². The third kappa shape index (κ3) is 4.64. The van der Waals surface area contributed by atoms with Crippen molar-refractivity contribution >= 4 is 0 Å². The van der Waals surface area contributed by atoms with Gasteiger partial charge in [-0.3, -0.25) is 0 Å². The van der Waals surface area contributed by atoms with Crippen LogP contribution in [0.15, 0.2) is 47.1 Å². The topological polar surface area (TPSA) is 34.4 Å². The molecule has 1 N–H and O–H groups in total. The molecule has 2 aromatic rings. The highest BCUT2D eigenvalue weighted by Gasteiger charge is 2.13. The van der Waals surface area contributed by atoms with Crippen LogP contribution in [0.25, 0.3) is 0 Å². The van der Waals surface area contributed by atoms with Gasteiger partial charge in [0.2, 0.25) is 0 Å². The van der Waals surface area contributed by atoms with Crippen LogP contribution in [0.3, 0.4) is 0 Å². The van der Waals surface area contributed by atoms with Gasteiger partial charge in [0.25, 0.3) is 0 Å². The van der Waals surface area contributed by atoms with Gasteiger partial charge in [-0.05, 0) is 45.4 Å². The smallest absolute Gasteiger partial charge is 0.124 e. The molecule has 1 heterocycles. The summed E-state index contributed by atoms with van der Waals surface area (Å²) in [6.45, 7) is 7.10. The quantitative estimate of drug-likeness (QED) is 0.783. The Hall–Kier alpha value is -1.74. The molecule has 0 amide bonds. The maximum absolute atomic E-state index is 5.70. The lowest BCUT2D eigenvalue weighted by Crippen LogP contribution is -2.29. The van der Waals surface area contributed by atoms with Crippen molar-refractivity contribution in [3.05, 3.63) is 54.0 Å². The van der Waals surface area contributed by atoms with E-state index in [0.29, 0.717) is 12.6 Å². The van der Waals surface area contributed by atoms with Gasteiger partial charge in [-0.1, -0.05) is 18.2 Å². The van der Waals surface area contributed by atoms with Gasteiger partial charge in [-0.25, -0.2) is 0 Å². The molecule has 21 heavy (non-hydrogen) atoms. The molecule has 0 radical (unpaired) electrons. The fourth-order valence-electron chi connectivity index (χ4n) is 2.54. The Labute approximate surface area is 127 Å². The molecule has 2 unspecified atom stereocenters. The van der Waals surface area contributed by atoms with Crippen LogP contribution in [-0.4, -0.2) is 12.6 Å². The van der Waals surface area contributed by atoms with E-state index in [2.05, 4.69) is 31.3 Å². The minimum Gasteiger partial charge on any atom is -0.494 e. The summed E-state index contributed by atoms with van der Waals surface area (Å²) in [5.41, 5.74) is 1.21. The first-order valence-electron chi connectivity index (χ1n) is 7.70. The van der Waals surface area contributed by atoms with E-state index >= 15 is 0 Å². The van der Waals surface area contributed by atoms with E-state index < -0.39 is 0 Å². The first-order chi connectivity index (χ1) is 10.2. The van der Waals surface area contributed by atoms with Gasteiger partial charge in [-0.15, -0.1) is 0 Å². The number of hydrogen-bond donors (Lipinski definition) is 1. The standard InChI is InChI=1S/C18H25NO2/c1-4-20-18-10-6-5-9-17(18)15(3)19-14(2)11-12-16-8-7-13-21-16/h5-10,13-15,19H,4,11-12H2,1-3H3. The van der Waals surface area contributed by atoms with Gasteiger partial charge in [0.1, 0.15) is 11.5 Å². The van der Waals surface area contributed by atoms with E-state index in [1.54, 1.807) is 6.26 Å². The molecule has 114 valence electrons. The monoisotopic (exact) mass is 287 g/mol. The summed E-state index contributed by atoms with van der Waals surface area (Å²) in [5.74, 6) is 2.02. The van der Waals surface area contributed by atoms with Gasteiger partial charge >= 0.3 is 0 Å². The lowest BCUT2D eigenvalue weighted by atomic mass is 10.0. The molecule has 2 atom stereocenters. The predicted octanol–water partition coefficient (Wildman–Crippen LogP) is 4.35. The fraction of sp³-hybridized carbons (Fsp3) is 0.444. The summed E-state index contributed by atoms with van der Waals surface area (Å²) in [4.78, 5) is 0. The van der Waals surface area contributed by atoms with Crippen molar-refractivity contribution < 1.29 is 9.15 Å². The Bertz CT molecular complexity index is 522. The molecule has 2 rings (SSSR count). The molecular weight excluding hydrogens is 262 g/mol. The molecule has 0 aliphatic heterocycles. The molecule has 3 nitrogen and oxygen atoms in total. The highest BCUT2D eigenvalue weighted by Crippen LogP contribution is 2.25. The van der Waals surface area contributed by atoms with Crippen molar-refractivity contribution in [1.82, 2.24) is 5.32 Å². The molecule has 0 fully saturated rings. The fourth-order valence-corrected chi connectivity index (χ4v) is 2.54. The van der Waals surface area contributed by atoms with Crippen molar-refractivity contribution in [2.75, 3.05) is 6.61 Å². The van der Waals surface area contributed by atoms with Crippen LogP contribution in [0.5, 0.6) is 5.75 Å². The van der Waals surface area contributed by atoms with Crippen LogP contribution in [0.2, 0.25) is 0 Å². The van der Waals surface area contributed by atoms with Crippen LogP contribution in [0.1, 0.15) is 44.6 Å². The lowest BCUT2D eigenvalue weighted by molar-refractivity contribution is 0.329. The van der Waals surface area contributed by atoms with Crippen molar-refractivity contribution in [2.45, 2.75) is 45.7 Å². The zero-order valence-corrected chi connectivity index (χ0v) is 13.1. The van der Waals surface area contributed by atoms with Crippen LogP contribution in [0.4, 0.5) is 0 Å². The molecule has 1 aromatic heterocycles. The summed E-state index contributed by atoms with van der Waals surface area (Å²) >= 11 is 0. The maximum Gasteiger partial charge on any atom is 0.124 e. The Morgan fingerprint density at radius 3 is 2.67 bits per heavy atom. The minimum atomic E-state index is 0.263. The summed E-state index contributed by atoms with van der Waals surface area (Å²) in [6.07, 6.45) is 3.74. The van der Waals surface area contributed by atoms with Crippen molar-refractivity contribution in [3.63, 3.8) is 0 Å². The van der Waals surface area contributed by atoms with Crippen LogP contribution >= 0.6 is 0 Å². The van der Waals surface area contributed by atoms with Crippen molar-refractivity contribution in [1.29, 1.82) is 0 Å². The zero-order valence-electron chi connectivity index (χ0n) is 13.1. The summed E-state index contributed by atoms with van der Waals surface area (Å²) in [7, 11) is 0. The number of nitrogens with one attached hydrogen (secondary N) is 1. The molecule has 1 aromatic carbocycles. The number of ether oxygens (including phenoxy) is 1. The third-order valence-electron chi connectivity index (χ3n) is 3.62. The van der Waals surface area contributed by atoms with E-state index in [9.17, 15) is 0 Å². The lowest BCUT2D eigenvalue weighted by Gasteiger charge is -2.22. The molecule has 0 saturated carbocycles. The van der Waals surface area contributed by atoms with E-state index in [1.807, 2.05) is 31.2 Å². The number of para-hydroxylation sites is 1. The average Bonchev–Trinajstić information content (AvgIpc) is 2.99. The first-order valence-corrected chi connectivity index (χ1v) is 7.70. The van der Waals surface area contributed by atoms with Gasteiger partial charge in [0, 0.05) is 24.1 Å². The highest BCUT2D eigenvalue weighted by molar-refractivity contribution is 5.35. The van der Waals surface area contributed by atoms with Crippen LogP contribution in [-0.2, 0) is 6.42 Å². The van der Waals surface area contributed by atoms with Crippen LogP contribution in [0, 0.1) is 0 Å². The Balaban J connectivity index is 1.89. The summed E-state index contributed by atoms with van der Waals surface area (Å²) in [6, 6.07) is 12.9. The highest BCUT2D eigenvalue weighted by atomic mass is 16.5. The maximum atomic E-state index is 5.70. The molecule has 3 heteroatoms. The minimum absolute atomic E-state index is 0.263. The van der Waals surface area contributed by atoms with Gasteiger partial charge in [-0.2, -0.15) is 0 Å². The molecular formula is C18H25NO2. The van der Waals surface area contributed by atoms with Crippen molar-refractivity contribution in [3.8, 4) is 5.75 Å². The second kappa shape index (κ2) is 7.89. The van der Waals surface area contributed by atoms with Crippen LogP contribution < -0.4 is 10.1 Å². The van der Waals surface area contributed by atoms with Gasteiger partial charge in [0.15, 0.2) is 0 Å². The second-order valence-corrected chi connectivity index (χ2v) is 5.38. The number of furan rings is 1. The Kier molecular flexibility index (Phi) is 5.88. The average molecular weight is 287 g/mol. The number of benzene rings is 1. The number of hydrogen-bond acceptors (Lipinski definition) is 3. The predicted molar refractivity (Wildman–Crippen MR) is 85.7 cm³/mol. The largest absolute Gasteiger partial charge is 0.494 e. The van der Waals surface area contributed by atoms with E-state index in [-0.39, 0.29) is 6.04 Å². The Morgan fingerprint density at radius 1 is 1.14 bits per heavy atom. The summed E-state index contributed by atoms with van der Waals surface area (Å²) in [5, 5.41) is 3.64. The SMILES string of the molecule is CCOc1ccccc1C(C)NC(C)CCc1ccco1. The molecule has 0 saturated heterocycles. The molecule has 0 aliphatic carbocycles. The van der Waals surface area contributed by atoms with E-state index in [4.69, 9.17) is 9.15 Å². The first kappa shape index (κ1) is 15.6. The molecule has 0 bridgehead atoms.